The summed E-state index contributed by atoms with van der Waals surface area (Å²) in [6.45, 7) is 9.74. The number of nitrogen functional groups attached to an aromatic ring is 1. The maximum Gasteiger partial charge on any atom is 0.137 e. The first-order chi connectivity index (χ1) is 9.02. The van der Waals surface area contributed by atoms with Crippen LogP contribution < -0.4 is 10.6 Å². The maximum atomic E-state index is 6.06. The van der Waals surface area contributed by atoms with Gasteiger partial charge in [0, 0.05) is 24.6 Å². The number of anilines is 2. The van der Waals surface area contributed by atoms with Crippen LogP contribution in [0.1, 0.15) is 51.4 Å². The summed E-state index contributed by atoms with van der Waals surface area (Å²) in [5.41, 5.74) is 7.10. The number of rotatable bonds is 6. The third kappa shape index (κ3) is 3.37. The average Bonchev–Trinajstić information content (AvgIpc) is 3.15. The van der Waals surface area contributed by atoms with E-state index < -0.39 is 0 Å². The van der Waals surface area contributed by atoms with Crippen molar-refractivity contribution < 1.29 is 0 Å². The van der Waals surface area contributed by atoms with Gasteiger partial charge in [0.25, 0.3) is 0 Å². The molecule has 0 aromatic carbocycles. The lowest BCUT2D eigenvalue weighted by molar-refractivity contribution is 0.599. The summed E-state index contributed by atoms with van der Waals surface area (Å²) in [5, 5.41) is 0. The molecule has 2 rings (SSSR count). The summed E-state index contributed by atoms with van der Waals surface area (Å²) in [5.74, 6) is 3.22. The van der Waals surface area contributed by atoms with Crippen LogP contribution in [0.3, 0.4) is 0 Å². The van der Waals surface area contributed by atoms with E-state index in [9.17, 15) is 0 Å². The second-order valence-electron chi connectivity index (χ2n) is 6.00. The number of nitrogens with zero attached hydrogens (tertiary/aromatic N) is 3. The van der Waals surface area contributed by atoms with Crippen LogP contribution in [-0.4, -0.2) is 22.6 Å². The van der Waals surface area contributed by atoms with Gasteiger partial charge in [0.1, 0.15) is 17.5 Å². The second kappa shape index (κ2) is 5.76. The molecule has 1 aromatic rings. The van der Waals surface area contributed by atoms with E-state index in [1.807, 2.05) is 6.92 Å². The molecule has 0 atom stereocenters. The molecule has 2 N–H and O–H groups in total. The lowest BCUT2D eigenvalue weighted by Crippen LogP contribution is -2.32. The van der Waals surface area contributed by atoms with Crippen molar-refractivity contribution in [3.8, 4) is 0 Å². The minimum Gasteiger partial charge on any atom is -0.383 e. The molecule has 1 heterocycles. The average molecular weight is 262 g/mol. The van der Waals surface area contributed by atoms with E-state index in [1.165, 1.54) is 12.8 Å². The third-order valence-electron chi connectivity index (χ3n) is 3.50. The molecule has 4 heteroatoms. The molecular formula is C15H26N4. The monoisotopic (exact) mass is 262 g/mol. The highest BCUT2D eigenvalue weighted by molar-refractivity contribution is 5.57. The topological polar surface area (TPSA) is 55.0 Å². The highest BCUT2D eigenvalue weighted by Gasteiger charge is 2.31. The van der Waals surface area contributed by atoms with Crippen molar-refractivity contribution in [2.75, 3.05) is 17.2 Å². The largest absolute Gasteiger partial charge is 0.383 e. The van der Waals surface area contributed by atoms with Gasteiger partial charge in [0.05, 0.1) is 0 Å². The Hall–Kier alpha value is -1.32. The van der Waals surface area contributed by atoms with E-state index >= 15 is 0 Å². The number of aromatic nitrogens is 2. The predicted octanol–water partition coefficient (Wildman–Crippen LogP) is 2.94. The minimum atomic E-state index is 0.630. The highest BCUT2D eigenvalue weighted by Crippen LogP contribution is 2.34. The molecule has 1 aromatic heterocycles. The molecule has 1 saturated carbocycles. The van der Waals surface area contributed by atoms with Crippen molar-refractivity contribution in [2.24, 2.45) is 5.92 Å². The van der Waals surface area contributed by atoms with Gasteiger partial charge in [-0.3, -0.25) is 0 Å². The summed E-state index contributed by atoms with van der Waals surface area (Å²) in [4.78, 5) is 11.6. The number of aryl methyl sites for hydroxylation is 1. The molecule has 0 spiro atoms. The van der Waals surface area contributed by atoms with Crippen molar-refractivity contribution in [3.05, 3.63) is 11.4 Å². The van der Waals surface area contributed by atoms with E-state index in [0.717, 1.165) is 36.6 Å². The highest BCUT2D eigenvalue weighted by atomic mass is 15.2. The zero-order valence-electron chi connectivity index (χ0n) is 12.6. The summed E-state index contributed by atoms with van der Waals surface area (Å²) in [7, 11) is 0. The number of hydrogen-bond acceptors (Lipinski definition) is 4. The lowest BCUT2D eigenvalue weighted by Gasteiger charge is -2.27. The Morgan fingerprint density at radius 3 is 2.53 bits per heavy atom. The molecule has 1 fully saturated rings. The molecule has 0 radical (unpaired) electrons. The molecule has 106 valence electrons. The Bertz CT molecular complexity index is 438. The van der Waals surface area contributed by atoms with Crippen LogP contribution in [0, 0.1) is 12.8 Å². The van der Waals surface area contributed by atoms with Crippen molar-refractivity contribution in [2.45, 2.75) is 59.4 Å². The first-order valence-corrected chi connectivity index (χ1v) is 7.42. The molecule has 1 aliphatic carbocycles. The van der Waals surface area contributed by atoms with Gasteiger partial charge in [-0.2, -0.15) is 0 Å². The van der Waals surface area contributed by atoms with Gasteiger partial charge in [-0.1, -0.05) is 20.8 Å². The van der Waals surface area contributed by atoms with Crippen LogP contribution >= 0.6 is 0 Å². The molecule has 4 nitrogen and oxygen atoms in total. The van der Waals surface area contributed by atoms with E-state index in [2.05, 4.69) is 30.7 Å². The summed E-state index contributed by atoms with van der Waals surface area (Å²) in [6, 6.07) is 0.657. The number of nitrogens with two attached hydrogens (primary N) is 1. The Morgan fingerprint density at radius 1 is 1.32 bits per heavy atom. The van der Waals surface area contributed by atoms with E-state index in [0.29, 0.717) is 17.8 Å². The van der Waals surface area contributed by atoms with E-state index in [1.54, 1.807) is 0 Å². The van der Waals surface area contributed by atoms with Gasteiger partial charge in [0.2, 0.25) is 0 Å². The minimum absolute atomic E-state index is 0.630. The van der Waals surface area contributed by atoms with E-state index in [4.69, 9.17) is 10.7 Å². The molecular weight excluding hydrogens is 236 g/mol. The van der Waals surface area contributed by atoms with Crippen molar-refractivity contribution in [1.82, 2.24) is 9.97 Å². The fraction of sp³-hybridized carbons (Fsp3) is 0.733. The fourth-order valence-electron chi connectivity index (χ4n) is 2.37. The first kappa shape index (κ1) is 14.1. The van der Waals surface area contributed by atoms with Gasteiger partial charge < -0.3 is 10.6 Å². The first-order valence-electron chi connectivity index (χ1n) is 7.42. The van der Waals surface area contributed by atoms with Gasteiger partial charge in [-0.05, 0) is 32.1 Å². The van der Waals surface area contributed by atoms with Crippen molar-refractivity contribution >= 4 is 11.6 Å². The van der Waals surface area contributed by atoms with Crippen molar-refractivity contribution in [3.63, 3.8) is 0 Å². The smallest absolute Gasteiger partial charge is 0.137 e. The fourth-order valence-corrected chi connectivity index (χ4v) is 2.37. The van der Waals surface area contributed by atoms with Gasteiger partial charge in [-0.25, -0.2) is 9.97 Å². The zero-order chi connectivity index (χ0) is 14.0. The van der Waals surface area contributed by atoms with Gasteiger partial charge in [-0.15, -0.1) is 0 Å². The molecule has 0 saturated heterocycles. The molecule has 0 amide bonds. The van der Waals surface area contributed by atoms with Crippen LogP contribution in [0.5, 0.6) is 0 Å². The van der Waals surface area contributed by atoms with Gasteiger partial charge in [0.15, 0.2) is 0 Å². The quantitative estimate of drug-likeness (QED) is 0.856. The molecule has 1 aliphatic rings. The van der Waals surface area contributed by atoms with Crippen molar-refractivity contribution in [1.29, 1.82) is 0 Å². The molecule has 0 unspecified atom stereocenters. The Kier molecular flexibility index (Phi) is 4.27. The zero-order valence-corrected chi connectivity index (χ0v) is 12.6. The molecule has 0 aliphatic heterocycles. The SMILES string of the molecule is CCCc1nc(N)c(C)c(N(CC(C)C)C2CC2)n1. The van der Waals surface area contributed by atoms with Crippen LogP contribution in [-0.2, 0) is 6.42 Å². The summed E-state index contributed by atoms with van der Waals surface area (Å²) >= 11 is 0. The standard InChI is InChI=1S/C15H26N4/c1-5-6-13-17-14(16)11(4)15(18-13)19(9-10(2)3)12-7-8-12/h10,12H,5-9H2,1-4H3,(H2,16,17,18). The van der Waals surface area contributed by atoms with Crippen LogP contribution in [0.15, 0.2) is 0 Å². The van der Waals surface area contributed by atoms with Gasteiger partial charge >= 0.3 is 0 Å². The number of hydrogen-bond donors (Lipinski definition) is 1. The summed E-state index contributed by atoms with van der Waals surface area (Å²) < 4.78 is 0. The predicted molar refractivity (Wildman–Crippen MR) is 80.4 cm³/mol. The normalized spacial score (nSPS) is 15.0. The Labute approximate surface area is 116 Å². The Balaban J connectivity index is 2.34. The van der Waals surface area contributed by atoms with Crippen LogP contribution in [0.2, 0.25) is 0 Å². The van der Waals surface area contributed by atoms with Crippen LogP contribution in [0.25, 0.3) is 0 Å². The maximum absolute atomic E-state index is 6.06. The Morgan fingerprint density at radius 2 is 2.00 bits per heavy atom. The van der Waals surface area contributed by atoms with E-state index in [-0.39, 0.29) is 0 Å². The molecule has 19 heavy (non-hydrogen) atoms. The third-order valence-corrected chi connectivity index (χ3v) is 3.50. The summed E-state index contributed by atoms with van der Waals surface area (Å²) in [6.07, 6.45) is 4.51. The molecule has 0 bridgehead atoms. The lowest BCUT2D eigenvalue weighted by atomic mass is 10.2. The van der Waals surface area contributed by atoms with Crippen LogP contribution in [0.4, 0.5) is 11.6 Å². The second-order valence-corrected chi connectivity index (χ2v) is 6.00.